The fourth-order valence-electron chi connectivity index (χ4n) is 3.70. The summed E-state index contributed by atoms with van der Waals surface area (Å²) in [5.74, 6) is 0.866. The van der Waals surface area contributed by atoms with Crippen LogP contribution in [0.15, 0.2) is 36.4 Å². The van der Waals surface area contributed by atoms with Crippen LogP contribution in [0.1, 0.15) is 42.0 Å². The van der Waals surface area contributed by atoms with Crippen molar-refractivity contribution in [1.82, 2.24) is 4.31 Å². The molecule has 0 aromatic heterocycles. The first kappa shape index (κ1) is 21.3. The van der Waals surface area contributed by atoms with Crippen LogP contribution in [0.2, 0.25) is 0 Å². The third-order valence-corrected chi connectivity index (χ3v) is 6.46. The van der Waals surface area contributed by atoms with E-state index in [1.165, 1.54) is 16.1 Å². The number of anilines is 1. The molecule has 0 saturated heterocycles. The van der Waals surface area contributed by atoms with Crippen LogP contribution in [0.3, 0.4) is 0 Å². The molecular weight excluding hydrogens is 388 g/mol. The quantitative estimate of drug-likeness (QED) is 0.783. The molecular formula is C22H28N2O4S. The Morgan fingerprint density at radius 3 is 2.66 bits per heavy atom. The van der Waals surface area contributed by atoms with Crippen LogP contribution in [0, 0.1) is 6.92 Å². The number of fused-ring (bicyclic) bond motifs is 1. The summed E-state index contributed by atoms with van der Waals surface area (Å²) in [6, 6.07) is 11.4. The molecule has 0 atom stereocenters. The Morgan fingerprint density at radius 1 is 1.24 bits per heavy atom. The van der Waals surface area contributed by atoms with Gasteiger partial charge in [-0.25, -0.2) is 8.42 Å². The van der Waals surface area contributed by atoms with Crippen molar-refractivity contribution >= 4 is 21.6 Å². The third-order valence-electron chi connectivity index (χ3n) is 5.21. The molecule has 1 heterocycles. The second kappa shape index (κ2) is 8.55. The van der Waals surface area contributed by atoms with Gasteiger partial charge in [-0.3, -0.25) is 4.79 Å². The van der Waals surface area contributed by atoms with Gasteiger partial charge in [0.2, 0.25) is 10.0 Å². The number of benzene rings is 2. The minimum atomic E-state index is -3.23. The number of amides is 1. The Kier molecular flexibility index (Phi) is 6.29. The van der Waals surface area contributed by atoms with E-state index >= 15 is 0 Å². The van der Waals surface area contributed by atoms with Crippen molar-refractivity contribution in [2.24, 2.45) is 0 Å². The number of sulfonamides is 1. The van der Waals surface area contributed by atoms with Crippen LogP contribution >= 0.6 is 0 Å². The number of ether oxygens (including phenoxy) is 1. The van der Waals surface area contributed by atoms with Crippen molar-refractivity contribution in [2.75, 3.05) is 24.7 Å². The Bertz CT molecular complexity index is 1020. The summed E-state index contributed by atoms with van der Waals surface area (Å²) in [4.78, 5) is 12.4. The lowest BCUT2D eigenvalue weighted by atomic mass is 9.98. The van der Waals surface area contributed by atoms with Gasteiger partial charge < -0.3 is 10.1 Å². The third kappa shape index (κ3) is 5.16. The van der Waals surface area contributed by atoms with E-state index in [0.29, 0.717) is 31.2 Å². The first-order valence-electron chi connectivity index (χ1n) is 9.74. The van der Waals surface area contributed by atoms with Crippen molar-refractivity contribution in [1.29, 1.82) is 0 Å². The molecule has 1 aliphatic rings. The predicted octanol–water partition coefficient (Wildman–Crippen LogP) is 3.45. The number of carbonyl (C=O) groups is 1. The predicted molar refractivity (Wildman–Crippen MR) is 115 cm³/mol. The number of hydrogen-bond acceptors (Lipinski definition) is 4. The van der Waals surface area contributed by atoms with E-state index in [1.54, 1.807) is 0 Å². The van der Waals surface area contributed by atoms with E-state index in [9.17, 15) is 13.2 Å². The van der Waals surface area contributed by atoms with Gasteiger partial charge in [-0.1, -0.05) is 32.0 Å². The molecule has 156 valence electrons. The van der Waals surface area contributed by atoms with Gasteiger partial charge in [0.05, 0.1) is 6.26 Å². The number of aryl methyl sites for hydroxylation is 1. The smallest absolute Gasteiger partial charge is 0.262 e. The molecule has 1 amide bonds. The summed E-state index contributed by atoms with van der Waals surface area (Å²) >= 11 is 0. The van der Waals surface area contributed by atoms with Crippen molar-refractivity contribution in [2.45, 2.75) is 39.7 Å². The van der Waals surface area contributed by atoms with Crippen LogP contribution in [0.4, 0.5) is 5.69 Å². The topological polar surface area (TPSA) is 75.7 Å². The fraction of sp³-hybridized carbons (Fsp3) is 0.409. The number of carbonyl (C=O) groups excluding carboxylic acids is 1. The normalized spacial score (nSPS) is 14.5. The Hall–Kier alpha value is -2.38. The summed E-state index contributed by atoms with van der Waals surface area (Å²) in [6.45, 7) is 6.99. The summed E-state index contributed by atoms with van der Waals surface area (Å²) in [5.41, 5.74) is 5.03. The highest BCUT2D eigenvalue weighted by molar-refractivity contribution is 7.88. The van der Waals surface area contributed by atoms with E-state index in [1.807, 2.05) is 43.3 Å². The van der Waals surface area contributed by atoms with Gasteiger partial charge in [0.25, 0.3) is 5.91 Å². The Labute approximate surface area is 172 Å². The molecule has 0 spiro atoms. The van der Waals surface area contributed by atoms with Crippen molar-refractivity contribution in [3.05, 3.63) is 58.7 Å². The number of hydrogen-bond donors (Lipinski definition) is 1. The monoisotopic (exact) mass is 416 g/mol. The summed E-state index contributed by atoms with van der Waals surface area (Å²) < 4.78 is 30.7. The van der Waals surface area contributed by atoms with Gasteiger partial charge in [0.1, 0.15) is 5.75 Å². The van der Waals surface area contributed by atoms with Gasteiger partial charge in [-0.2, -0.15) is 4.31 Å². The fourth-order valence-corrected chi connectivity index (χ4v) is 4.50. The molecule has 0 radical (unpaired) electrons. The molecule has 3 rings (SSSR count). The zero-order valence-corrected chi connectivity index (χ0v) is 18.2. The molecule has 6 nitrogen and oxygen atoms in total. The van der Waals surface area contributed by atoms with Crippen LogP contribution in [0.25, 0.3) is 0 Å². The average Bonchev–Trinajstić information content (AvgIpc) is 2.65. The molecule has 0 fully saturated rings. The second-order valence-electron chi connectivity index (χ2n) is 7.80. The summed E-state index contributed by atoms with van der Waals surface area (Å²) in [5, 5.41) is 2.91. The highest BCUT2D eigenvalue weighted by Crippen LogP contribution is 2.27. The van der Waals surface area contributed by atoms with Gasteiger partial charge in [-0.15, -0.1) is 0 Å². The lowest BCUT2D eigenvalue weighted by Crippen LogP contribution is -2.35. The molecule has 0 aliphatic carbocycles. The van der Waals surface area contributed by atoms with E-state index in [0.717, 1.165) is 22.4 Å². The molecule has 1 aliphatic heterocycles. The maximum atomic E-state index is 12.4. The summed E-state index contributed by atoms with van der Waals surface area (Å²) in [6.07, 6.45) is 1.78. The number of nitrogens with zero attached hydrogens (tertiary/aromatic N) is 1. The first-order chi connectivity index (χ1) is 13.6. The zero-order valence-electron chi connectivity index (χ0n) is 17.4. The minimum absolute atomic E-state index is 0.0837. The highest BCUT2D eigenvalue weighted by atomic mass is 32.2. The van der Waals surface area contributed by atoms with Crippen molar-refractivity contribution in [3.8, 4) is 5.75 Å². The van der Waals surface area contributed by atoms with E-state index in [2.05, 4.69) is 19.2 Å². The van der Waals surface area contributed by atoms with Gasteiger partial charge in [0, 0.05) is 18.8 Å². The van der Waals surface area contributed by atoms with Crippen LogP contribution in [-0.4, -0.2) is 38.0 Å². The zero-order chi connectivity index (χ0) is 21.2. The van der Waals surface area contributed by atoms with Crippen LogP contribution in [0.5, 0.6) is 5.75 Å². The largest absolute Gasteiger partial charge is 0.484 e. The maximum Gasteiger partial charge on any atom is 0.262 e. The number of nitrogens with one attached hydrogen (secondary N) is 1. The van der Waals surface area contributed by atoms with Gasteiger partial charge >= 0.3 is 0 Å². The van der Waals surface area contributed by atoms with Crippen LogP contribution in [-0.2, 0) is 27.8 Å². The second-order valence-corrected chi connectivity index (χ2v) is 9.78. The molecule has 0 unspecified atom stereocenters. The Balaban J connectivity index is 1.64. The van der Waals surface area contributed by atoms with E-state index in [4.69, 9.17) is 4.74 Å². The molecule has 1 N–H and O–H groups in total. The molecule has 7 heteroatoms. The van der Waals surface area contributed by atoms with E-state index < -0.39 is 10.0 Å². The first-order valence-corrected chi connectivity index (χ1v) is 11.6. The van der Waals surface area contributed by atoms with Gasteiger partial charge in [0.15, 0.2) is 6.61 Å². The lowest BCUT2D eigenvalue weighted by molar-refractivity contribution is -0.118. The Morgan fingerprint density at radius 2 is 2.00 bits per heavy atom. The molecule has 29 heavy (non-hydrogen) atoms. The SMILES string of the molecule is Cc1cc(OCC(=O)Nc2cccc3c2CCN(S(C)(=O)=O)C3)ccc1C(C)C. The molecule has 2 aromatic rings. The lowest BCUT2D eigenvalue weighted by Gasteiger charge is -2.28. The molecule has 0 bridgehead atoms. The van der Waals surface area contributed by atoms with E-state index in [-0.39, 0.29) is 12.5 Å². The highest BCUT2D eigenvalue weighted by Gasteiger charge is 2.25. The minimum Gasteiger partial charge on any atom is -0.484 e. The van der Waals surface area contributed by atoms with Gasteiger partial charge in [-0.05, 0) is 59.7 Å². The molecule has 2 aromatic carbocycles. The van der Waals surface area contributed by atoms with Crippen molar-refractivity contribution in [3.63, 3.8) is 0 Å². The standard InChI is InChI=1S/C22H28N2O4S/c1-15(2)19-9-8-18(12-16(19)3)28-14-22(25)23-21-7-5-6-17-13-24(29(4,26)27)11-10-20(17)21/h5-9,12,15H,10-11,13-14H2,1-4H3,(H,23,25). The molecule has 0 saturated carbocycles. The number of rotatable bonds is 6. The maximum absolute atomic E-state index is 12.4. The van der Waals surface area contributed by atoms with Crippen molar-refractivity contribution < 1.29 is 17.9 Å². The summed E-state index contributed by atoms with van der Waals surface area (Å²) in [7, 11) is -3.23. The average molecular weight is 417 g/mol. The van der Waals surface area contributed by atoms with Crippen LogP contribution < -0.4 is 10.1 Å².